The van der Waals surface area contributed by atoms with Crippen molar-refractivity contribution >= 4 is 23.0 Å². The topological polar surface area (TPSA) is 56.4 Å². The molecule has 2 aromatic rings. The third-order valence-electron chi connectivity index (χ3n) is 4.59. The van der Waals surface area contributed by atoms with E-state index in [4.69, 9.17) is 0 Å². The number of carbonyl (C=O) groups is 1. The van der Waals surface area contributed by atoms with Gasteiger partial charge in [-0.1, -0.05) is 0 Å². The van der Waals surface area contributed by atoms with Crippen LogP contribution in [0.25, 0.3) is 0 Å². The fraction of sp³-hybridized carbons (Fsp3) is 0.350. The summed E-state index contributed by atoms with van der Waals surface area (Å²) in [5.41, 5.74) is 3.78. The summed E-state index contributed by atoms with van der Waals surface area (Å²) in [5.74, 6) is -1.95. The summed E-state index contributed by atoms with van der Waals surface area (Å²) in [6.45, 7) is 7.90. The monoisotopic (exact) mass is 374 g/mol. The molecule has 0 bridgehead atoms. The number of amides is 1. The van der Waals surface area contributed by atoms with Crippen LogP contribution < -0.4 is 16.0 Å². The maximum atomic E-state index is 13.5. The lowest BCUT2D eigenvalue weighted by Gasteiger charge is -2.28. The molecule has 1 amide bonds. The van der Waals surface area contributed by atoms with E-state index in [0.29, 0.717) is 11.4 Å². The SMILES string of the molecule is CC(=O)Nc1cc(CN2CCNCC2)cc(Nc2ccc(F)c(F)c2)c1C. The minimum atomic E-state index is -0.906. The van der Waals surface area contributed by atoms with Crippen LogP contribution >= 0.6 is 0 Å². The molecule has 27 heavy (non-hydrogen) atoms. The summed E-state index contributed by atoms with van der Waals surface area (Å²) in [7, 11) is 0. The van der Waals surface area contributed by atoms with E-state index in [1.54, 1.807) is 0 Å². The quantitative estimate of drug-likeness (QED) is 0.751. The van der Waals surface area contributed by atoms with E-state index in [2.05, 4.69) is 20.9 Å². The Bertz CT molecular complexity index is 835. The number of hydrogen-bond donors (Lipinski definition) is 3. The van der Waals surface area contributed by atoms with Crippen LogP contribution in [0.15, 0.2) is 30.3 Å². The molecule has 0 atom stereocenters. The van der Waals surface area contributed by atoms with Gasteiger partial charge in [0.05, 0.1) is 0 Å². The van der Waals surface area contributed by atoms with E-state index >= 15 is 0 Å². The van der Waals surface area contributed by atoms with Gasteiger partial charge in [0, 0.05) is 62.8 Å². The molecule has 2 aromatic carbocycles. The van der Waals surface area contributed by atoms with E-state index in [1.807, 2.05) is 19.1 Å². The minimum Gasteiger partial charge on any atom is -0.355 e. The molecule has 0 radical (unpaired) electrons. The predicted molar refractivity (Wildman–Crippen MR) is 103 cm³/mol. The molecule has 1 aliphatic heterocycles. The van der Waals surface area contributed by atoms with E-state index in [1.165, 1.54) is 13.0 Å². The van der Waals surface area contributed by atoms with E-state index < -0.39 is 11.6 Å². The zero-order valence-corrected chi connectivity index (χ0v) is 15.5. The molecule has 3 N–H and O–H groups in total. The van der Waals surface area contributed by atoms with Gasteiger partial charge < -0.3 is 16.0 Å². The highest BCUT2D eigenvalue weighted by Gasteiger charge is 2.14. The van der Waals surface area contributed by atoms with Gasteiger partial charge in [0.25, 0.3) is 0 Å². The van der Waals surface area contributed by atoms with Crippen LogP contribution in [0.2, 0.25) is 0 Å². The first-order valence-electron chi connectivity index (χ1n) is 8.98. The fourth-order valence-corrected chi connectivity index (χ4v) is 3.17. The smallest absolute Gasteiger partial charge is 0.221 e. The van der Waals surface area contributed by atoms with Gasteiger partial charge in [-0.3, -0.25) is 9.69 Å². The Balaban J connectivity index is 1.90. The molecule has 3 rings (SSSR count). The predicted octanol–water partition coefficient (Wildman–Crippen LogP) is 3.38. The van der Waals surface area contributed by atoms with Crippen LogP contribution in [-0.4, -0.2) is 37.0 Å². The van der Waals surface area contributed by atoms with Crippen LogP contribution in [0.4, 0.5) is 25.8 Å². The van der Waals surface area contributed by atoms with Crippen LogP contribution in [-0.2, 0) is 11.3 Å². The maximum absolute atomic E-state index is 13.5. The van der Waals surface area contributed by atoms with Gasteiger partial charge in [0.2, 0.25) is 5.91 Å². The number of piperazine rings is 1. The highest BCUT2D eigenvalue weighted by atomic mass is 19.2. The minimum absolute atomic E-state index is 0.156. The summed E-state index contributed by atoms with van der Waals surface area (Å²) in [6, 6.07) is 7.65. The number of hydrogen-bond acceptors (Lipinski definition) is 4. The summed E-state index contributed by atoms with van der Waals surface area (Å²) in [5, 5.41) is 9.32. The highest BCUT2D eigenvalue weighted by molar-refractivity contribution is 5.91. The molecule has 5 nitrogen and oxygen atoms in total. The lowest BCUT2D eigenvalue weighted by molar-refractivity contribution is -0.114. The van der Waals surface area contributed by atoms with Gasteiger partial charge >= 0.3 is 0 Å². The molecule has 0 saturated carbocycles. The Labute approximate surface area is 157 Å². The summed E-state index contributed by atoms with van der Waals surface area (Å²) >= 11 is 0. The fourth-order valence-electron chi connectivity index (χ4n) is 3.17. The zero-order chi connectivity index (χ0) is 19.4. The van der Waals surface area contributed by atoms with Gasteiger partial charge in [0.1, 0.15) is 0 Å². The largest absolute Gasteiger partial charge is 0.355 e. The molecule has 0 aliphatic carbocycles. The number of rotatable bonds is 5. The molecular weight excluding hydrogens is 350 g/mol. The molecule has 7 heteroatoms. The Morgan fingerprint density at radius 3 is 2.48 bits per heavy atom. The first kappa shape index (κ1) is 19.3. The third-order valence-corrected chi connectivity index (χ3v) is 4.59. The molecule has 1 heterocycles. The van der Waals surface area contributed by atoms with Crippen molar-refractivity contribution < 1.29 is 13.6 Å². The number of benzene rings is 2. The number of nitrogens with one attached hydrogen (secondary N) is 3. The molecule has 0 unspecified atom stereocenters. The average Bonchev–Trinajstić information content (AvgIpc) is 2.62. The van der Waals surface area contributed by atoms with Gasteiger partial charge in [-0.2, -0.15) is 0 Å². The molecule has 144 valence electrons. The van der Waals surface area contributed by atoms with E-state index in [9.17, 15) is 13.6 Å². The molecule has 0 spiro atoms. The number of anilines is 3. The van der Waals surface area contributed by atoms with Crippen molar-refractivity contribution in [1.29, 1.82) is 0 Å². The summed E-state index contributed by atoms with van der Waals surface area (Å²) < 4.78 is 26.7. The summed E-state index contributed by atoms with van der Waals surface area (Å²) in [4.78, 5) is 13.9. The Kier molecular flexibility index (Phi) is 6.03. The second kappa shape index (κ2) is 8.45. The Morgan fingerprint density at radius 2 is 1.81 bits per heavy atom. The second-order valence-electron chi connectivity index (χ2n) is 6.78. The lowest BCUT2D eigenvalue weighted by atomic mass is 10.1. The standard InChI is InChI=1S/C20H24F2N4O/c1-13-19(24-14(2)27)9-15(12-26-7-5-23-6-8-26)10-20(13)25-16-3-4-17(21)18(22)11-16/h3-4,9-11,23,25H,5-8,12H2,1-2H3,(H,24,27). The summed E-state index contributed by atoms with van der Waals surface area (Å²) in [6.07, 6.45) is 0. The highest BCUT2D eigenvalue weighted by Crippen LogP contribution is 2.30. The van der Waals surface area contributed by atoms with Crippen molar-refractivity contribution in [3.63, 3.8) is 0 Å². The first-order chi connectivity index (χ1) is 12.9. The van der Waals surface area contributed by atoms with Gasteiger partial charge in [-0.05, 0) is 42.3 Å². The normalized spacial score (nSPS) is 14.8. The molecule has 1 aliphatic rings. The van der Waals surface area contributed by atoms with Crippen molar-refractivity contribution in [2.75, 3.05) is 36.8 Å². The molecular formula is C20H24F2N4O. The van der Waals surface area contributed by atoms with Crippen molar-refractivity contribution in [3.8, 4) is 0 Å². The molecule has 1 saturated heterocycles. The van der Waals surface area contributed by atoms with Gasteiger partial charge in [-0.15, -0.1) is 0 Å². The zero-order valence-electron chi connectivity index (χ0n) is 15.5. The first-order valence-corrected chi connectivity index (χ1v) is 8.98. The number of halogens is 2. The number of carbonyl (C=O) groups excluding carboxylic acids is 1. The van der Waals surface area contributed by atoms with Gasteiger partial charge in [0.15, 0.2) is 11.6 Å². The third kappa shape index (κ3) is 5.02. The average molecular weight is 374 g/mol. The second-order valence-corrected chi connectivity index (χ2v) is 6.78. The van der Waals surface area contributed by atoms with Crippen molar-refractivity contribution in [2.24, 2.45) is 0 Å². The van der Waals surface area contributed by atoms with Crippen LogP contribution in [0.1, 0.15) is 18.1 Å². The van der Waals surface area contributed by atoms with Crippen LogP contribution in [0.5, 0.6) is 0 Å². The van der Waals surface area contributed by atoms with Crippen molar-refractivity contribution in [3.05, 3.63) is 53.1 Å². The van der Waals surface area contributed by atoms with Crippen LogP contribution in [0, 0.1) is 18.6 Å². The Morgan fingerprint density at radius 1 is 1.11 bits per heavy atom. The van der Waals surface area contributed by atoms with E-state index in [-0.39, 0.29) is 5.91 Å². The van der Waals surface area contributed by atoms with Gasteiger partial charge in [-0.25, -0.2) is 8.78 Å². The van der Waals surface area contributed by atoms with E-state index in [0.717, 1.165) is 61.7 Å². The molecule has 0 aromatic heterocycles. The molecule has 1 fully saturated rings. The van der Waals surface area contributed by atoms with Crippen molar-refractivity contribution in [2.45, 2.75) is 20.4 Å². The Hall–Kier alpha value is -2.51. The lowest BCUT2D eigenvalue weighted by Crippen LogP contribution is -2.42. The van der Waals surface area contributed by atoms with Crippen molar-refractivity contribution in [1.82, 2.24) is 10.2 Å². The number of nitrogens with zero attached hydrogens (tertiary/aromatic N) is 1. The maximum Gasteiger partial charge on any atom is 0.221 e. The van der Waals surface area contributed by atoms with Crippen LogP contribution in [0.3, 0.4) is 0 Å².